The summed E-state index contributed by atoms with van der Waals surface area (Å²) >= 11 is 0. The van der Waals surface area contributed by atoms with Gasteiger partial charge in [-0.25, -0.2) is 9.68 Å². The predicted octanol–water partition coefficient (Wildman–Crippen LogP) is 1.56. The molecule has 3 fully saturated rings. The first-order chi connectivity index (χ1) is 21.9. The molecule has 2 saturated carbocycles. The molecule has 0 spiro atoms. The summed E-state index contributed by atoms with van der Waals surface area (Å²) in [5, 5.41) is 46.4. The Morgan fingerprint density at radius 2 is 1.79 bits per heavy atom. The van der Waals surface area contributed by atoms with Crippen LogP contribution >= 0.6 is 0 Å². The molecule has 1 heterocycles. The Kier molecular flexibility index (Phi) is 9.30. The number of methoxy groups -OCH3 is 1. The molecule has 1 aromatic carbocycles. The molecule has 47 heavy (non-hydrogen) atoms. The zero-order valence-corrected chi connectivity index (χ0v) is 27.8. The van der Waals surface area contributed by atoms with E-state index in [2.05, 4.69) is 0 Å². The number of carbonyl (C=O) groups excluding carboxylic acids is 3. The Morgan fingerprint density at radius 1 is 1.15 bits per heavy atom. The zero-order valence-electron chi connectivity index (χ0n) is 27.8. The van der Waals surface area contributed by atoms with E-state index in [1.165, 1.54) is 40.0 Å². The van der Waals surface area contributed by atoms with Crippen LogP contribution in [0.2, 0.25) is 0 Å². The number of hydrogen-bond donors (Lipinski definition) is 5. The minimum atomic E-state index is -2.13. The number of aliphatic hydroxyl groups is 3. The van der Waals surface area contributed by atoms with E-state index in [0.717, 1.165) is 0 Å². The number of carbonyl (C=O) groups is 3. The van der Waals surface area contributed by atoms with E-state index in [-0.39, 0.29) is 25.0 Å². The fourth-order valence-electron chi connectivity index (χ4n) is 8.95. The number of rotatable bonds is 8. The summed E-state index contributed by atoms with van der Waals surface area (Å²) in [6.45, 7) is 9.14. The first-order valence-electron chi connectivity index (χ1n) is 15.9. The van der Waals surface area contributed by atoms with Crippen LogP contribution in [0.1, 0.15) is 64.7 Å². The molecule has 6 N–H and O–H groups in total. The standard InChI is InChI=1S/C34H47NO12/c1-16-20(25(47-42)24(38)17(2)35)14-34(41)29(45-30(40)19-11-9-8-10-12-19)27-32(6,28(39)26(43-7)23(16)31(34,4)5)21(37)13-22-33(27,15-44-22)46-18(3)36/h8-12,17,20-22,24-27,29,37-38,41-42H,13-15,35H2,1-7H3/t17?,20?,21?,22?,24?,25?,26?,27?,29?,32-,33?,34?/m1/s1. The van der Waals surface area contributed by atoms with Crippen molar-refractivity contribution in [1.29, 1.82) is 0 Å². The average molecular weight is 662 g/mol. The largest absolute Gasteiger partial charge is 0.455 e. The summed E-state index contributed by atoms with van der Waals surface area (Å²) in [5.74, 6) is -4.44. The molecule has 1 aromatic rings. The second-order valence-electron chi connectivity index (χ2n) is 14.4. The van der Waals surface area contributed by atoms with Gasteiger partial charge in [0.05, 0.1) is 35.7 Å². The molecule has 0 aromatic heterocycles. The number of benzene rings is 1. The van der Waals surface area contributed by atoms with E-state index in [1.54, 1.807) is 39.0 Å². The van der Waals surface area contributed by atoms with Gasteiger partial charge in [-0.05, 0) is 44.9 Å². The molecular formula is C34H47NO12. The lowest BCUT2D eigenvalue weighted by molar-refractivity contribution is -0.348. The number of esters is 2. The van der Waals surface area contributed by atoms with Crippen LogP contribution in [0, 0.1) is 22.7 Å². The second-order valence-corrected chi connectivity index (χ2v) is 14.4. The molecule has 13 heteroatoms. The molecule has 3 aliphatic carbocycles. The monoisotopic (exact) mass is 661 g/mol. The average Bonchev–Trinajstić information content (AvgIpc) is 3.01. The first-order valence-corrected chi connectivity index (χ1v) is 15.9. The maximum atomic E-state index is 15.1. The Morgan fingerprint density at radius 3 is 2.30 bits per heavy atom. The molecule has 2 bridgehead atoms. The molecule has 0 amide bonds. The highest BCUT2D eigenvalue weighted by molar-refractivity contribution is 5.94. The van der Waals surface area contributed by atoms with Gasteiger partial charge in [0.25, 0.3) is 0 Å². The van der Waals surface area contributed by atoms with Gasteiger partial charge in [-0.3, -0.25) is 14.8 Å². The molecule has 4 aliphatic rings. The summed E-state index contributed by atoms with van der Waals surface area (Å²) in [7, 11) is 1.33. The van der Waals surface area contributed by atoms with E-state index in [1.807, 2.05) is 0 Å². The van der Waals surface area contributed by atoms with Crippen molar-refractivity contribution in [2.24, 2.45) is 28.4 Å². The van der Waals surface area contributed by atoms with E-state index in [0.29, 0.717) is 11.1 Å². The molecule has 1 aliphatic heterocycles. The highest BCUT2D eigenvalue weighted by atomic mass is 17.1. The van der Waals surface area contributed by atoms with Crippen LogP contribution in [0.15, 0.2) is 41.5 Å². The Labute approximate surface area is 273 Å². The summed E-state index contributed by atoms with van der Waals surface area (Å²) in [4.78, 5) is 46.6. The predicted molar refractivity (Wildman–Crippen MR) is 165 cm³/mol. The van der Waals surface area contributed by atoms with Crippen molar-refractivity contribution < 1.29 is 58.8 Å². The highest BCUT2D eigenvalue weighted by Gasteiger charge is 2.78. The van der Waals surface area contributed by atoms with Crippen LogP contribution in [-0.2, 0) is 33.4 Å². The summed E-state index contributed by atoms with van der Waals surface area (Å²) in [6, 6.07) is 7.20. The van der Waals surface area contributed by atoms with Gasteiger partial charge >= 0.3 is 11.9 Å². The molecular weight excluding hydrogens is 614 g/mol. The fraction of sp³-hybridized carbons (Fsp3) is 0.676. The Hall–Kier alpha value is -2.75. The third-order valence-electron chi connectivity index (χ3n) is 11.6. The summed E-state index contributed by atoms with van der Waals surface area (Å²) < 4.78 is 24.1. The van der Waals surface area contributed by atoms with Gasteiger partial charge in [-0.2, -0.15) is 0 Å². The number of Topliss-reactive ketones (excluding diaryl/α,β-unsaturated/α-hetero) is 1. The van der Waals surface area contributed by atoms with Gasteiger partial charge in [-0.1, -0.05) is 37.6 Å². The quantitative estimate of drug-likeness (QED) is 0.116. The van der Waals surface area contributed by atoms with Gasteiger partial charge in [0, 0.05) is 37.8 Å². The molecule has 12 atom stereocenters. The van der Waals surface area contributed by atoms with Crippen molar-refractivity contribution in [3.8, 4) is 0 Å². The lowest BCUT2D eigenvalue weighted by atomic mass is 9.44. The van der Waals surface area contributed by atoms with Crippen LogP contribution in [0.5, 0.6) is 0 Å². The lowest BCUT2D eigenvalue weighted by Gasteiger charge is -2.67. The van der Waals surface area contributed by atoms with Crippen LogP contribution in [0.25, 0.3) is 0 Å². The molecule has 11 unspecified atom stereocenters. The smallest absolute Gasteiger partial charge is 0.338 e. The van der Waals surface area contributed by atoms with Crippen LogP contribution in [0.4, 0.5) is 0 Å². The van der Waals surface area contributed by atoms with Crippen LogP contribution in [0.3, 0.4) is 0 Å². The van der Waals surface area contributed by atoms with E-state index < -0.39 is 94.3 Å². The van der Waals surface area contributed by atoms with Crippen molar-refractivity contribution in [1.82, 2.24) is 0 Å². The molecule has 0 radical (unpaired) electrons. The van der Waals surface area contributed by atoms with Gasteiger partial charge < -0.3 is 40.0 Å². The van der Waals surface area contributed by atoms with Crippen molar-refractivity contribution in [3.05, 3.63) is 47.0 Å². The molecule has 1 saturated heterocycles. The number of ether oxygens (including phenoxy) is 4. The van der Waals surface area contributed by atoms with Gasteiger partial charge in [0.1, 0.15) is 30.0 Å². The molecule has 13 nitrogen and oxygen atoms in total. The maximum absolute atomic E-state index is 15.1. The third-order valence-corrected chi connectivity index (χ3v) is 11.6. The highest BCUT2D eigenvalue weighted by Crippen LogP contribution is 2.65. The minimum Gasteiger partial charge on any atom is -0.455 e. The number of hydrogen-bond acceptors (Lipinski definition) is 13. The van der Waals surface area contributed by atoms with Crippen molar-refractivity contribution in [2.45, 2.75) is 108 Å². The zero-order chi connectivity index (χ0) is 34.9. The number of aliphatic hydroxyl groups excluding tert-OH is 2. The lowest BCUT2D eigenvalue weighted by Crippen LogP contribution is -2.81. The number of nitrogens with two attached hydrogens (primary N) is 1. The van der Waals surface area contributed by atoms with E-state index in [9.17, 15) is 30.2 Å². The first kappa shape index (κ1) is 35.6. The molecule has 5 rings (SSSR count). The maximum Gasteiger partial charge on any atom is 0.338 e. The summed E-state index contributed by atoms with van der Waals surface area (Å²) in [6.07, 6.45) is -8.41. The van der Waals surface area contributed by atoms with Gasteiger partial charge in [-0.15, -0.1) is 0 Å². The van der Waals surface area contributed by atoms with Gasteiger partial charge in [0.2, 0.25) is 0 Å². The minimum absolute atomic E-state index is 0.0781. The van der Waals surface area contributed by atoms with Crippen LogP contribution in [-0.4, -0.2) is 106 Å². The van der Waals surface area contributed by atoms with Crippen molar-refractivity contribution in [3.63, 3.8) is 0 Å². The topological polar surface area (TPSA) is 204 Å². The number of ketones is 1. The van der Waals surface area contributed by atoms with Crippen molar-refractivity contribution >= 4 is 17.7 Å². The van der Waals surface area contributed by atoms with Gasteiger partial charge in [0.15, 0.2) is 11.4 Å². The summed E-state index contributed by atoms with van der Waals surface area (Å²) in [5.41, 5.74) is 0.0465. The Balaban J connectivity index is 1.85. The normalized spacial score (nSPS) is 39.6. The van der Waals surface area contributed by atoms with E-state index in [4.69, 9.17) is 29.6 Å². The van der Waals surface area contributed by atoms with Crippen molar-refractivity contribution in [2.75, 3.05) is 13.7 Å². The van der Waals surface area contributed by atoms with E-state index >= 15 is 4.79 Å². The SMILES string of the molecule is COC1C(=O)[C@]2(C)C(O)CC3OCC3(OC(C)=O)C2C(OC(=O)c2ccccc2)C2(O)CC(C(OO)C(O)C(C)N)C(C)=C1C2(C)C. The fourth-order valence-corrected chi connectivity index (χ4v) is 8.95. The third kappa shape index (κ3) is 5.09. The molecule has 260 valence electrons. The second kappa shape index (κ2) is 12.3. The Bertz CT molecular complexity index is 1430. The number of fused-ring (bicyclic) bond motifs is 5. The van der Waals surface area contributed by atoms with Crippen LogP contribution < -0.4 is 5.73 Å².